The molecule has 28 heavy (non-hydrogen) atoms. The number of nitrogens with one attached hydrogen (secondary N) is 1. The van der Waals surface area contributed by atoms with Crippen molar-refractivity contribution in [2.75, 3.05) is 7.11 Å². The summed E-state index contributed by atoms with van der Waals surface area (Å²) in [6.45, 7) is 1.71. The largest absolute Gasteiger partial charge is 0.497 e. The van der Waals surface area contributed by atoms with Crippen LogP contribution in [0, 0.1) is 0 Å². The molecule has 1 atom stereocenters. The molecule has 0 aliphatic rings. The highest BCUT2D eigenvalue weighted by atomic mass is 16.6. The molecule has 7 nitrogen and oxygen atoms in total. The van der Waals surface area contributed by atoms with Crippen LogP contribution in [0.1, 0.15) is 24.5 Å². The van der Waals surface area contributed by atoms with Crippen LogP contribution in [0.3, 0.4) is 0 Å². The maximum atomic E-state index is 12.3. The van der Waals surface area contributed by atoms with E-state index in [1.54, 1.807) is 14.0 Å². The van der Waals surface area contributed by atoms with E-state index in [0.717, 1.165) is 27.8 Å². The molecule has 2 aromatic carbocycles. The Balaban J connectivity index is 1.42. The quantitative estimate of drug-likeness (QED) is 0.509. The third kappa shape index (κ3) is 3.59. The number of para-hydroxylation sites is 1. The lowest BCUT2D eigenvalue weighted by molar-refractivity contribution is -0.148. The second-order valence-corrected chi connectivity index (χ2v) is 6.34. The summed E-state index contributed by atoms with van der Waals surface area (Å²) in [4.78, 5) is 15.5. The van der Waals surface area contributed by atoms with Gasteiger partial charge in [0.15, 0.2) is 6.10 Å². The van der Waals surface area contributed by atoms with Crippen LogP contribution in [0.4, 0.5) is 0 Å². The minimum Gasteiger partial charge on any atom is -0.497 e. The molecule has 0 spiro atoms. The molecule has 0 fully saturated rings. The molecule has 0 radical (unpaired) electrons. The van der Waals surface area contributed by atoms with E-state index >= 15 is 0 Å². The number of fused-ring (bicyclic) bond motifs is 1. The van der Waals surface area contributed by atoms with Crippen LogP contribution in [-0.2, 0) is 16.0 Å². The molecule has 7 heteroatoms. The molecule has 142 valence electrons. The SMILES string of the molecule is COc1ccc(-c2nnc([C@H](C)OC(=O)Cc3c[nH]c4ccccc34)o2)cc1. The standard InChI is InChI=1S/C21H19N3O4/c1-13(20-23-24-21(28-20)14-7-9-16(26-2)10-8-14)27-19(25)11-15-12-22-18-6-4-3-5-17(15)18/h3-10,12-13,22H,11H2,1-2H3/t13-/m0/s1. The van der Waals surface area contributed by atoms with Crippen molar-refractivity contribution in [3.8, 4) is 17.2 Å². The van der Waals surface area contributed by atoms with Crippen LogP contribution in [0.2, 0.25) is 0 Å². The molecular formula is C21H19N3O4. The molecular weight excluding hydrogens is 358 g/mol. The number of esters is 1. The summed E-state index contributed by atoms with van der Waals surface area (Å²) < 4.78 is 16.3. The number of methoxy groups -OCH3 is 1. The van der Waals surface area contributed by atoms with Gasteiger partial charge in [-0.05, 0) is 42.8 Å². The smallest absolute Gasteiger partial charge is 0.311 e. The maximum Gasteiger partial charge on any atom is 0.311 e. The van der Waals surface area contributed by atoms with Crippen LogP contribution < -0.4 is 4.74 Å². The first-order valence-corrected chi connectivity index (χ1v) is 8.86. The number of benzene rings is 2. The van der Waals surface area contributed by atoms with Gasteiger partial charge in [0.25, 0.3) is 5.89 Å². The number of nitrogens with zero attached hydrogens (tertiary/aromatic N) is 2. The summed E-state index contributed by atoms with van der Waals surface area (Å²) in [7, 11) is 1.60. The Hall–Kier alpha value is -3.61. The summed E-state index contributed by atoms with van der Waals surface area (Å²) in [5, 5.41) is 9.04. The molecule has 0 saturated heterocycles. The van der Waals surface area contributed by atoms with Crippen LogP contribution in [-0.4, -0.2) is 28.3 Å². The first kappa shape index (κ1) is 17.8. The summed E-state index contributed by atoms with van der Waals surface area (Å²) >= 11 is 0. The minimum absolute atomic E-state index is 0.161. The highest BCUT2D eigenvalue weighted by molar-refractivity contribution is 5.87. The zero-order valence-electron chi connectivity index (χ0n) is 15.5. The number of carbonyl (C=O) groups is 1. The first-order chi connectivity index (χ1) is 13.6. The fourth-order valence-electron chi connectivity index (χ4n) is 2.97. The van der Waals surface area contributed by atoms with Gasteiger partial charge in [-0.15, -0.1) is 10.2 Å². The average molecular weight is 377 g/mol. The van der Waals surface area contributed by atoms with Gasteiger partial charge in [-0.3, -0.25) is 4.79 Å². The van der Waals surface area contributed by atoms with E-state index in [-0.39, 0.29) is 18.3 Å². The van der Waals surface area contributed by atoms with E-state index in [1.165, 1.54) is 0 Å². The Labute approximate surface area is 161 Å². The molecule has 0 saturated carbocycles. The average Bonchev–Trinajstić information content (AvgIpc) is 3.36. The number of rotatable bonds is 6. The van der Waals surface area contributed by atoms with Crippen molar-refractivity contribution in [3.63, 3.8) is 0 Å². The molecule has 4 rings (SSSR count). The first-order valence-electron chi connectivity index (χ1n) is 8.86. The molecule has 2 heterocycles. The van der Waals surface area contributed by atoms with E-state index in [9.17, 15) is 4.79 Å². The van der Waals surface area contributed by atoms with Crippen LogP contribution in [0.25, 0.3) is 22.4 Å². The molecule has 0 unspecified atom stereocenters. The molecule has 0 amide bonds. The number of hydrogen-bond donors (Lipinski definition) is 1. The summed E-state index contributed by atoms with van der Waals surface area (Å²) in [6, 6.07) is 15.1. The van der Waals surface area contributed by atoms with Crippen molar-refractivity contribution >= 4 is 16.9 Å². The fourth-order valence-corrected chi connectivity index (χ4v) is 2.97. The number of H-pyrrole nitrogens is 1. The predicted molar refractivity (Wildman–Crippen MR) is 103 cm³/mol. The van der Waals surface area contributed by atoms with E-state index in [4.69, 9.17) is 13.9 Å². The second kappa shape index (κ2) is 7.56. The highest BCUT2D eigenvalue weighted by Crippen LogP contribution is 2.25. The van der Waals surface area contributed by atoms with Gasteiger partial charge in [0, 0.05) is 22.7 Å². The lowest BCUT2D eigenvalue weighted by atomic mass is 10.1. The fraction of sp³-hybridized carbons (Fsp3) is 0.190. The van der Waals surface area contributed by atoms with E-state index in [1.807, 2.05) is 54.7 Å². The number of aromatic amines is 1. The van der Waals surface area contributed by atoms with Crippen molar-refractivity contribution in [2.24, 2.45) is 0 Å². The number of aromatic nitrogens is 3. The monoisotopic (exact) mass is 377 g/mol. The van der Waals surface area contributed by atoms with E-state index < -0.39 is 6.10 Å². The van der Waals surface area contributed by atoms with Crippen molar-refractivity contribution in [2.45, 2.75) is 19.4 Å². The van der Waals surface area contributed by atoms with Gasteiger partial charge in [0.1, 0.15) is 5.75 Å². The van der Waals surface area contributed by atoms with Gasteiger partial charge in [-0.1, -0.05) is 18.2 Å². The molecule has 0 aliphatic heterocycles. The lowest BCUT2D eigenvalue weighted by Crippen LogP contribution is -2.11. The minimum atomic E-state index is -0.641. The van der Waals surface area contributed by atoms with Crippen LogP contribution in [0.5, 0.6) is 5.75 Å². The zero-order chi connectivity index (χ0) is 19.5. The Kier molecular flexibility index (Phi) is 4.80. The Morgan fingerprint density at radius 3 is 2.71 bits per heavy atom. The molecule has 0 aliphatic carbocycles. The maximum absolute atomic E-state index is 12.3. The van der Waals surface area contributed by atoms with Crippen molar-refractivity contribution in [1.29, 1.82) is 0 Å². The lowest BCUT2D eigenvalue weighted by Gasteiger charge is -2.09. The van der Waals surface area contributed by atoms with Gasteiger partial charge in [0.05, 0.1) is 13.5 Å². The van der Waals surface area contributed by atoms with E-state index in [2.05, 4.69) is 15.2 Å². The third-order valence-electron chi connectivity index (χ3n) is 4.44. The highest BCUT2D eigenvalue weighted by Gasteiger charge is 2.20. The Morgan fingerprint density at radius 1 is 1.14 bits per heavy atom. The van der Waals surface area contributed by atoms with E-state index in [0.29, 0.717) is 5.89 Å². The molecule has 2 aromatic heterocycles. The summed E-state index contributed by atoms with van der Waals surface area (Å²) in [5.41, 5.74) is 2.63. The van der Waals surface area contributed by atoms with Crippen LogP contribution in [0.15, 0.2) is 59.1 Å². The number of carbonyl (C=O) groups excluding carboxylic acids is 1. The van der Waals surface area contributed by atoms with Gasteiger partial charge >= 0.3 is 5.97 Å². The molecule has 1 N–H and O–H groups in total. The number of hydrogen-bond acceptors (Lipinski definition) is 6. The normalized spacial score (nSPS) is 12.1. The second-order valence-electron chi connectivity index (χ2n) is 6.34. The van der Waals surface area contributed by atoms with Crippen molar-refractivity contribution in [3.05, 3.63) is 66.2 Å². The van der Waals surface area contributed by atoms with Crippen molar-refractivity contribution < 1.29 is 18.7 Å². The Morgan fingerprint density at radius 2 is 1.93 bits per heavy atom. The van der Waals surface area contributed by atoms with Gasteiger partial charge in [0.2, 0.25) is 5.89 Å². The predicted octanol–water partition coefficient (Wildman–Crippen LogP) is 4.07. The van der Waals surface area contributed by atoms with Gasteiger partial charge < -0.3 is 18.9 Å². The topological polar surface area (TPSA) is 90.2 Å². The number of ether oxygens (including phenoxy) is 2. The molecule has 4 aromatic rings. The summed E-state index contributed by atoms with van der Waals surface area (Å²) in [6.07, 6.45) is 1.34. The van der Waals surface area contributed by atoms with Gasteiger partial charge in [-0.25, -0.2) is 0 Å². The van der Waals surface area contributed by atoms with Crippen LogP contribution >= 0.6 is 0 Å². The summed E-state index contributed by atoms with van der Waals surface area (Å²) in [5.74, 6) is 0.986. The molecule has 0 bridgehead atoms. The van der Waals surface area contributed by atoms with Crippen molar-refractivity contribution in [1.82, 2.24) is 15.2 Å². The zero-order valence-corrected chi connectivity index (χ0v) is 15.5. The van der Waals surface area contributed by atoms with Gasteiger partial charge in [-0.2, -0.15) is 0 Å². The Bertz CT molecular complexity index is 1100. The third-order valence-corrected chi connectivity index (χ3v) is 4.44.